The molecule has 26 heavy (non-hydrogen) atoms. The third kappa shape index (κ3) is 2.88. The summed E-state index contributed by atoms with van der Waals surface area (Å²) in [6.07, 6.45) is 3.58. The minimum absolute atomic E-state index is 0.228. The van der Waals surface area contributed by atoms with Gasteiger partial charge in [-0.3, -0.25) is 5.73 Å². The molecule has 4 N–H and O–H groups in total. The molecule has 0 bridgehead atoms. The number of fused-ring (bicyclic) bond motifs is 1. The molecule has 4 rings (SSSR count). The SMILES string of the molecule is Cc1cc(C)c(NC2=CC=NC(N)(c3ccc4c(c3)OCO4)N2)c(C)c1. The Morgan fingerprint density at radius 2 is 1.81 bits per heavy atom. The van der Waals surface area contributed by atoms with E-state index in [2.05, 4.69) is 48.5 Å². The summed E-state index contributed by atoms with van der Waals surface area (Å²) in [5.74, 6) is 1.11. The summed E-state index contributed by atoms with van der Waals surface area (Å²) < 4.78 is 10.8. The van der Waals surface area contributed by atoms with E-state index in [9.17, 15) is 0 Å². The first-order valence-corrected chi connectivity index (χ1v) is 8.52. The number of benzene rings is 2. The molecule has 2 aromatic rings. The lowest BCUT2D eigenvalue weighted by Crippen LogP contribution is -2.51. The molecule has 0 radical (unpaired) electrons. The van der Waals surface area contributed by atoms with Gasteiger partial charge >= 0.3 is 0 Å². The van der Waals surface area contributed by atoms with E-state index >= 15 is 0 Å². The third-order valence-electron chi connectivity index (χ3n) is 4.59. The van der Waals surface area contributed by atoms with Gasteiger partial charge in [0.15, 0.2) is 11.5 Å². The number of hydrogen-bond acceptors (Lipinski definition) is 6. The molecule has 2 aliphatic rings. The third-order valence-corrected chi connectivity index (χ3v) is 4.59. The van der Waals surface area contributed by atoms with E-state index in [1.807, 2.05) is 24.3 Å². The zero-order chi connectivity index (χ0) is 18.3. The predicted octanol–water partition coefficient (Wildman–Crippen LogP) is 3.04. The number of nitrogens with zero attached hydrogens (tertiary/aromatic N) is 1. The van der Waals surface area contributed by atoms with Crippen LogP contribution in [0.3, 0.4) is 0 Å². The van der Waals surface area contributed by atoms with Crippen molar-refractivity contribution in [1.82, 2.24) is 5.32 Å². The first-order chi connectivity index (χ1) is 12.4. The lowest BCUT2D eigenvalue weighted by molar-refractivity contribution is 0.174. The average Bonchev–Trinajstić information content (AvgIpc) is 3.06. The van der Waals surface area contributed by atoms with E-state index in [-0.39, 0.29) is 6.79 Å². The molecule has 2 aliphatic heterocycles. The number of nitrogens with two attached hydrogens (primary N) is 1. The maximum Gasteiger partial charge on any atom is 0.231 e. The van der Waals surface area contributed by atoms with Crippen LogP contribution in [-0.4, -0.2) is 13.0 Å². The fourth-order valence-electron chi connectivity index (χ4n) is 3.37. The van der Waals surface area contributed by atoms with E-state index < -0.39 is 5.79 Å². The monoisotopic (exact) mass is 350 g/mol. The zero-order valence-corrected chi connectivity index (χ0v) is 15.1. The van der Waals surface area contributed by atoms with Crippen LogP contribution < -0.4 is 25.8 Å². The van der Waals surface area contributed by atoms with Crippen molar-refractivity contribution in [2.24, 2.45) is 10.7 Å². The Kier molecular flexibility index (Phi) is 3.85. The summed E-state index contributed by atoms with van der Waals surface area (Å²) in [6.45, 7) is 6.51. The van der Waals surface area contributed by atoms with Gasteiger partial charge in [-0.1, -0.05) is 17.7 Å². The van der Waals surface area contributed by atoms with E-state index in [0.717, 1.165) is 22.8 Å². The zero-order valence-electron chi connectivity index (χ0n) is 15.1. The molecule has 0 spiro atoms. The fourth-order valence-corrected chi connectivity index (χ4v) is 3.37. The number of ether oxygens (including phenoxy) is 2. The molecule has 0 fully saturated rings. The van der Waals surface area contributed by atoms with Crippen LogP contribution in [-0.2, 0) is 5.79 Å². The van der Waals surface area contributed by atoms with E-state index in [1.54, 1.807) is 6.21 Å². The number of rotatable bonds is 3. The molecule has 134 valence electrons. The largest absolute Gasteiger partial charge is 0.454 e. The fraction of sp³-hybridized carbons (Fsp3) is 0.250. The van der Waals surface area contributed by atoms with Gasteiger partial charge < -0.3 is 20.1 Å². The Bertz CT molecular complexity index is 912. The van der Waals surface area contributed by atoms with E-state index in [0.29, 0.717) is 5.75 Å². The number of aliphatic imine (C=N–C) groups is 1. The van der Waals surface area contributed by atoms with Crippen LogP contribution in [0, 0.1) is 20.8 Å². The van der Waals surface area contributed by atoms with Gasteiger partial charge in [0.2, 0.25) is 12.6 Å². The van der Waals surface area contributed by atoms with Gasteiger partial charge in [0, 0.05) is 17.5 Å². The van der Waals surface area contributed by atoms with Gasteiger partial charge in [0.25, 0.3) is 0 Å². The summed E-state index contributed by atoms with van der Waals surface area (Å²) >= 11 is 0. The molecule has 1 unspecified atom stereocenters. The predicted molar refractivity (Wildman–Crippen MR) is 102 cm³/mol. The highest BCUT2D eigenvalue weighted by Gasteiger charge is 2.30. The van der Waals surface area contributed by atoms with Crippen molar-refractivity contribution in [3.8, 4) is 11.5 Å². The number of nitrogens with one attached hydrogen (secondary N) is 2. The first kappa shape index (κ1) is 16.5. The maximum atomic E-state index is 6.53. The van der Waals surface area contributed by atoms with Gasteiger partial charge in [-0.05, 0) is 56.2 Å². The van der Waals surface area contributed by atoms with Gasteiger partial charge in [-0.25, -0.2) is 4.99 Å². The summed E-state index contributed by atoms with van der Waals surface area (Å²) in [5.41, 5.74) is 12.0. The second-order valence-corrected chi connectivity index (χ2v) is 6.72. The van der Waals surface area contributed by atoms with Gasteiger partial charge in [0.05, 0.1) is 0 Å². The van der Waals surface area contributed by atoms with Gasteiger partial charge in [0.1, 0.15) is 5.82 Å². The molecular weight excluding hydrogens is 328 g/mol. The summed E-state index contributed by atoms with van der Waals surface area (Å²) in [6, 6.07) is 9.91. The number of aryl methyl sites for hydroxylation is 3. The molecule has 0 saturated carbocycles. The molecule has 0 aliphatic carbocycles. The minimum atomic E-state index is -1.08. The smallest absolute Gasteiger partial charge is 0.231 e. The van der Waals surface area contributed by atoms with Crippen LogP contribution in [0.25, 0.3) is 0 Å². The van der Waals surface area contributed by atoms with Crippen molar-refractivity contribution >= 4 is 11.9 Å². The second kappa shape index (κ2) is 6.07. The Balaban J connectivity index is 1.60. The van der Waals surface area contributed by atoms with Crippen molar-refractivity contribution < 1.29 is 9.47 Å². The standard InChI is InChI=1S/C20H22N4O2/c1-12-8-13(2)19(14(3)9-12)23-18-6-7-22-20(21,24-18)15-4-5-16-17(10-15)26-11-25-16/h4-10,23-24H,11,21H2,1-3H3. The Hall–Kier alpha value is -2.99. The first-order valence-electron chi connectivity index (χ1n) is 8.52. The molecule has 2 aromatic carbocycles. The highest BCUT2D eigenvalue weighted by atomic mass is 16.7. The lowest BCUT2D eigenvalue weighted by Gasteiger charge is -2.32. The Morgan fingerprint density at radius 3 is 2.58 bits per heavy atom. The molecule has 0 saturated heterocycles. The quantitative estimate of drug-likeness (QED) is 0.793. The van der Waals surface area contributed by atoms with Crippen LogP contribution in [0.4, 0.5) is 5.69 Å². The van der Waals surface area contributed by atoms with Crippen molar-refractivity contribution in [2.45, 2.75) is 26.6 Å². The van der Waals surface area contributed by atoms with Crippen molar-refractivity contribution in [3.63, 3.8) is 0 Å². The molecule has 0 aromatic heterocycles. The van der Waals surface area contributed by atoms with Crippen molar-refractivity contribution in [3.05, 3.63) is 64.5 Å². The van der Waals surface area contributed by atoms with Crippen LogP contribution >= 0.6 is 0 Å². The number of allylic oxidation sites excluding steroid dienone is 1. The highest BCUT2D eigenvalue weighted by Crippen LogP contribution is 2.35. The molecule has 0 amide bonds. The van der Waals surface area contributed by atoms with Crippen LogP contribution in [0.5, 0.6) is 11.5 Å². The molecular formula is C20H22N4O2. The average molecular weight is 350 g/mol. The highest BCUT2D eigenvalue weighted by molar-refractivity contribution is 5.76. The van der Waals surface area contributed by atoms with Crippen LogP contribution in [0.15, 0.2) is 47.2 Å². The normalized spacial score (nSPS) is 20.5. The molecule has 2 heterocycles. The summed E-state index contributed by atoms with van der Waals surface area (Å²) in [5, 5.41) is 6.73. The number of hydrogen-bond donors (Lipinski definition) is 3. The molecule has 6 heteroatoms. The minimum Gasteiger partial charge on any atom is -0.454 e. The van der Waals surface area contributed by atoms with Gasteiger partial charge in [-0.2, -0.15) is 0 Å². The summed E-state index contributed by atoms with van der Waals surface area (Å²) in [7, 11) is 0. The van der Waals surface area contributed by atoms with Crippen molar-refractivity contribution in [1.29, 1.82) is 0 Å². The second-order valence-electron chi connectivity index (χ2n) is 6.72. The van der Waals surface area contributed by atoms with Crippen molar-refractivity contribution in [2.75, 3.05) is 12.1 Å². The topological polar surface area (TPSA) is 80.9 Å². The molecule has 1 atom stereocenters. The van der Waals surface area contributed by atoms with Crippen LogP contribution in [0.1, 0.15) is 22.3 Å². The maximum absolute atomic E-state index is 6.53. The van der Waals surface area contributed by atoms with E-state index in [1.165, 1.54) is 16.7 Å². The summed E-state index contributed by atoms with van der Waals surface area (Å²) in [4.78, 5) is 4.44. The lowest BCUT2D eigenvalue weighted by atomic mass is 10.0. The molecule has 6 nitrogen and oxygen atoms in total. The Labute approximate surface area is 152 Å². The van der Waals surface area contributed by atoms with E-state index in [4.69, 9.17) is 15.2 Å². The Morgan fingerprint density at radius 1 is 1.08 bits per heavy atom. The van der Waals surface area contributed by atoms with Gasteiger partial charge in [-0.15, -0.1) is 0 Å². The van der Waals surface area contributed by atoms with Crippen LogP contribution in [0.2, 0.25) is 0 Å². The number of anilines is 1.